The molecule has 5 atom stereocenters. The number of ether oxygens (including phenoxy) is 1. The average Bonchev–Trinajstić information content (AvgIpc) is 3.45. The van der Waals surface area contributed by atoms with Crippen LogP contribution in [0.25, 0.3) is 0 Å². The summed E-state index contributed by atoms with van der Waals surface area (Å²) in [6.45, 7) is 1.27. The fourth-order valence-corrected chi connectivity index (χ4v) is 5.54. The van der Waals surface area contributed by atoms with Gasteiger partial charge in [-0.1, -0.05) is 0 Å². The van der Waals surface area contributed by atoms with Crippen LogP contribution in [0.3, 0.4) is 0 Å². The lowest BCUT2D eigenvalue weighted by atomic mass is 9.81. The van der Waals surface area contributed by atoms with Crippen LogP contribution in [-0.4, -0.2) is 37.0 Å². The van der Waals surface area contributed by atoms with Gasteiger partial charge in [0, 0.05) is 18.7 Å². The van der Waals surface area contributed by atoms with Crippen LogP contribution in [0.1, 0.15) is 42.5 Å². The maximum Gasteiger partial charge on any atom is 0.251 e. The largest absolute Gasteiger partial charge is 0.376 e. The predicted molar refractivity (Wildman–Crippen MR) is 98.1 cm³/mol. The second-order valence-electron chi connectivity index (χ2n) is 8.29. The van der Waals surface area contributed by atoms with Gasteiger partial charge in [0.05, 0.1) is 23.6 Å². The van der Waals surface area contributed by atoms with Gasteiger partial charge >= 0.3 is 0 Å². The Morgan fingerprint density at radius 2 is 1.70 bits per heavy atom. The van der Waals surface area contributed by atoms with E-state index in [-0.39, 0.29) is 35.7 Å². The highest BCUT2D eigenvalue weighted by Crippen LogP contribution is 2.56. The van der Waals surface area contributed by atoms with E-state index in [1.165, 1.54) is 4.90 Å². The molecule has 0 unspecified atom stereocenters. The fraction of sp³-hybridized carbons (Fsp3) is 0.571. The van der Waals surface area contributed by atoms with Crippen LogP contribution < -0.4 is 10.2 Å². The molecule has 0 spiro atoms. The third-order valence-electron chi connectivity index (χ3n) is 6.83. The lowest BCUT2D eigenvalue weighted by Crippen LogP contribution is -2.33. The SMILES string of the molecule is O=C(NC[C@@H]1CCCO1)c1ccc(N2C(=O)[C@H]3[C@@H]4CC[C@@H](C4)[C@@H]3C2=O)cc1. The molecule has 6 heteroatoms. The molecule has 1 aromatic carbocycles. The Labute approximate surface area is 158 Å². The standard InChI is InChI=1S/C21H24N2O4/c24-19(22-11-16-2-1-9-27-16)12-5-7-15(8-6-12)23-20(25)17-13-3-4-14(10-13)18(17)21(23)26/h5-8,13-14,16-18H,1-4,9-11H2,(H,22,24)/t13-,14+,16-,17-,18-/m0/s1. The van der Waals surface area contributed by atoms with Crippen molar-refractivity contribution in [2.45, 2.75) is 38.2 Å². The third kappa shape index (κ3) is 2.69. The van der Waals surface area contributed by atoms with Crippen LogP contribution in [0, 0.1) is 23.7 Å². The van der Waals surface area contributed by atoms with E-state index in [0.29, 0.717) is 29.6 Å². The zero-order valence-electron chi connectivity index (χ0n) is 15.2. The van der Waals surface area contributed by atoms with E-state index in [4.69, 9.17) is 4.74 Å². The molecule has 5 rings (SSSR count). The molecule has 3 amide bonds. The molecule has 27 heavy (non-hydrogen) atoms. The van der Waals surface area contributed by atoms with Crippen molar-refractivity contribution in [1.82, 2.24) is 5.32 Å². The van der Waals surface area contributed by atoms with Gasteiger partial charge < -0.3 is 10.1 Å². The Morgan fingerprint density at radius 1 is 1.04 bits per heavy atom. The maximum absolute atomic E-state index is 12.9. The van der Waals surface area contributed by atoms with E-state index in [1.54, 1.807) is 24.3 Å². The molecule has 1 aromatic rings. The minimum Gasteiger partial charge on any atom is -0.376 e. The molecule has 6 nitrogen and oxygen atoms in total. The summed E-state index contributed by atoms with van der Waals surface area (Å²) in [5.74, 6) is 0.261. The summed E-state index contributed by atoms with van der Waals surface area (Å²) >= 11 is 0. The number of rotatable bonds is 4. The first-order valence-corrected chi connectivity index (χ1v) is 10.0. The topological polar surface area (TPSA) is 75.7 Å². The normalized spacial score (nSPS) is 34.4. The van der Waals surface area contributed by atoms with Gasteiger partial charge in [-0.05, 0) is 68.2 Å². The number of carbonyl (C=O) groups is 3. The Bertz CT molecular complexity index is 756. The number of anilines is 1. The first kappa shape index (κ1) is 16.9. The second kappa shape index (κ2) is 6.44. The lowest BCUT2D eigenvalue weighted by molar-refractivity contribution is -0.123. The molecule has 2 saturated heterocycles. The van der Waals surface area contributed by atoms with Gasteiger partial charge in [0.15, 0.2) is 0 Å². The van der Waals surface area contributed by atoms with Crippen molar-refractivity contribution in [3.63, 3.8) is 0 Å². The molecule has 4 fully saturated rings. The third-order valence-corrected chi connectivity index (χ3v) is 6.83. The highest BCUT2D eigenvalue weighted by molar-refractivity contribution is 6.22. The molecule has 2 bridgehead atoms. The van der Waals surface area contributed by atoms with Crippen LogP contribution in [-0.2, 0) is 14.3 Å². The van der Waals surface area contributed by atoms with Crippen molar-refractivity contribution in [3.8, 4) is 0 Å². The molecule has 2 aliphatic heterocycles. The highest BCUT2D eigenvalue weighted by atomic mass is 16.5. The van der Waals surface area contributed by atoms with E-state index < -0.39 is 0 Å². The van der Waals surface area contributed by atoms with Gasteiger partial charge in [0.25, 0.3) is 5.91 Å². The van der Waals surface area contributed by atoms with Gasteiger partial charge in [0.2, 0.25) is 11.8 Å². The molecule has 2 saturated carbocycles. The second-order valence-corrected chi connectivity index (χ2v) is 8.29. The summed E-state index contributed by atoms with van der Waals surface area (Å²) in [5, 5.41) is 2.89. The molecule has 2 aliphatic carbocycles. The van der Waals surface area contributed by atoms with Crippen LogP contribution in [0.15, 0.2) is 24.3 Å². The number of nitrogens with one attached hydrogen (secondary N) is 1. The van der Waals surface area contributed by atoms with Crippen LogP contribution >= 0.6 is 0 Å². The van der Waals surface area contributed by atoms with Crippen LogP contribution in [0.2, 0.25) is 0 Å². The first-order chi connectivity index (χ1) is 13.1. The van der Waals surface area contributed by atoms with Gasteiger partial charge in [-0.25, -0.2) is 0 Å². The predicted octanol–water partition coefficient (Wildman–Crippen LogP) is 2.13. The maximum atomic E-state index is 12.9. The summed E-state index contributed by atoms with van der Waals surface area (Å²) in [4.78, 5) is 39.4. The zero-order valence-corrected chi connectivity index (χ0v) is 15.2. The van der Waals surface area contributed by atoms with Crippen molar-refractivity contribution in [2.24, 2.45) is 23.7 Å². The van der Waals surface area contributed by atoms with Crippen molar-refractivity contribution in [1.29, 1.82) is 0 Å². The number of benzene rings is 1. The van der Waals surface area contributed by atoms with Crippen molar-refractivity contribution in [2.75, 3.05) is 18.1 Å². The lowest BCUT2D eigenvalue weighted by Gasteiger charge is -2.19. The minimum atomic E-state index is -0.161. The Kier molecular flexibility index (Phi) is 4.04. The molecule has 142 valence electrons. The zero-order chi connectivity index (χ0) is 18.5. The molecule has 2 heterocycles. The first-order valence-electron chi connectivity index (χ1n) is 10.0. The number of nitrogens with zero attached hydrogens (tertiary/aromatic N) is 1. The molecule has 4 aliphatic rings. The summed E-state index contributed by atoms with van der Waals surface area (Å²) < 4.78 is 5.51. The Hall–Kier alpha value is -2.21. The van der Waals surface area contributed by atoms with Gasteiger partial charge in [0.1, 0.15) is 0 Å². The van der Waals surface area contributed by atoms with E-state index >= 15 is 0 Å². The summed E-state index contributed by atoms with van der Waals surface area (Å²) in [6.07, 6.45) is 5.29. The van der Waals surface area contributed by atoms with Gasteiger partial charge in [-0.2, -0.15) is 0 Å². The Morgan fingerprint density at radius 3 is 2.30 bits per heavy atom. The van der Waals surface area contributed by atoms with Crippen LogP contribution in [0.4, 0.5) is 5.69 Å². The van der Waals surface area contributed by atoms with E-state index in [9.17, 15) is 14.4 Å². The number of amides is 3. The molecule has 0 aromatic heterocycles. The van der Waals surface area contributed by atoms with E-state index in [0.717, 1.165) is 38.7 Å². The monoisotopic (exact) mass is 368 g/mol. The van der Waals surface area contributed by atoms with Gasteiger partial charge in [-0.3, -0.25) is 19.3 Å². The van der Waals surface area contributed by atoms with Gasteiger partial charge in [-0.15, -0.1) is 0 Å². The fourth-order valence-electron chi connectivity index (χ4n) is 5.54. The van der Waals surface area contributed by atoms with Crippen molar-refractivity contribution >= 4 is 23.4 Å². The minimum absolute atomic E-state index is 0.0483. The number of carbonyl (C=O) groups excluding carboxylic acids is 3. The Balaban J connectivity index is 1.28. The summed E-state index contributed by atoms with van der Waals surface area (Å²) in [7, 11) is 0. The summed E-state index contributed by atoms with van der Waals surface area (Å²) in [6, 6.07) is 6.78. The molecule has 1 N–H and O–H groups in total. The number of imide groups is 1. The van der Waals surface area contributed by atoms with Crippen LogP contribution in [0.5, 0.6) is 0 Å². The van der Waals surface area contributed by atoms with Crippen molar-refractivity contribution < 1.29 is 19.1 Å². The molecule has 0 radical (unpaired) electrons. The molecular weight excluding hydrogens is 344 g/mol. The number of hydrogen-bond acceptors (Lipinski definition) is 4. The highest BCUT2D eigenvalue weighted by Gasteiger charge is 2.61. The molecular formula is C21H24N2O4. The quantitative estimate of drug-likeness (QED) is 0.826. The smallest absolute Gasteiger partial charge is 0.251 e. The van der Waals surface area contributed by atoms with E-state index in [2.05, 4.69) is 5.32 Å². The number of hydrogen-bond donors (Lipinski definition) is 1. The van der Waals surface area contributed by atoms with Crippen molar-refractivity contribution in [3.05, 3.63) is 29.8 Å². The average molecular weight is 368 g/mol. The van der Waals surface area contributed by atoms with E-state index in [1.807, 2.05) is 0 Å². The summed E-state index contributed by atoms with van der Waals surface area (Å²) in [5.41, 5.74) is 1.10. The number of fused-ring (bicyclic) bond motifs is 5.